The predicted molar refractivity (Wildman–Crippen MR) is 95.0 cm³/mol. The van der Waals surface area contributed by atoms with Gasteiger partial charge >= 0.3 is 0 Å². The van der Waals surface area contributed by atoms with Gasteiger partial charge < -0.3 is 9.42 Å². The van der Waals surface area contributed by atoms with Gasteiger partial charge in [0.2, 0.25) is 12.3 Å². The van der Waals surface area contributed by atoms with Gasteiger partial charge in [0.05, 0.1) is 6.54 Å². The van der Waals surface area contributed by atoms with Crippen LogP contribution in [0.1, 0.15) is 37.1 Å². The van der Waals surface area contributed by atoms with Crippen molar-refractivity contribution in [2.45, 2.75) is 38.6 Å². The van der Waals surface area contributed by atoms with E-state index in [0.717, 1.165) is 64.2 Å². The SMILES string of the molecule is O=C1CCC2(CCN(Cc3ncon3)CC2)CN1CCc1cccnc1. The van der Waals surface area contributed by atoms with Crippen molar-refractivity contribution >= 4 is 5.91 Å². The summed E-state index contributed by atoms with van der Waals surface area (Å²) in [7, 11) is 0. The van der Waals surface area contributed by atoms with Gasteiger partial charge in [0.1, 0.15) is 0 Å². The van der Waals surface area contributed by atoms with Crippen molar-refractivity contribution in [3.05, 3.63) is 42.3 Å². The highest BCUT2D eigenvalue weighted by molar-refractivity contribution is 5.77. The van der Waals surface area contributed by atoms with E-state index in [9.17, 15) is 4.79 Å². The predicted octanol–water partition coefficient (Wildman–Crippen LogP) is 1.91. The van der Waals surface area contributed by atoms with Crippen molar-refractivity contribution in [3.63, 3.8) is 0 Å². The van der Waals surface area contributed by atoms with Gasteiger partial charge in [0.25, 0.3) is 0 Å². The van der Waals surface area contributed by atoms with Crippen LogP contribution in [0.15, 0.2) is 35.4 Å². The first-order chi connectivity index (χ1) is 12.7. The van der Waals surface area contributed by atoms with Crippen LogP contribution in [-0.2, 0) is 17.8 Å². The van der Waals surface area contributed by atoms with Gasteiger partial charge in [-0.3, -0.25) is 14.7 Å². The highest BCUT2D eigenvalue weighted by Gasteiger charge is 2.40. The van der Waals surface area contributed by atoms with Crippen LogP contribution in [0, 0.1) is 5.41 Å². The fourth-order valence-electron chi connectivity index (χ4n) is 4.17. The van der Waals surface area contributed by atoms with Crippen LogP contribution in [0.2, 0.25) is 0 Å². The van der Waals surface area contributed by atoms with E-state index in [2.05, 4.69) is 31.0 Å². The molecule has 2 aromatic heterocycles. The molecule has 2 saturated heterocycles. The Morgan fingerprint density at radius 2 is 2.12 bits per heavy atom. The number of pyridine rings is 1. The van der Waals surface area contributed by atoms with Crippen molar-refractivity contribution in [2.75, 3.05) is 26.2 Å². The molecule has 2 aliphatic heterocycles. The summed E-state index contributed by atoms with van der Waals surface area (Å²) in [5.74, 6) is 1.05. The molecule has 7 nitrogen and oxygen atoms in total. The van der Waals surface area contributed by atoms with Gasteiger partial charge in [0.15, 0.2) is 5.82 Å². The van der Waals surface area contributed by atoms with Gasteiger partial charge in [-0.1, -0.05) is 11.2 Å². The summed E-state index contributed by atoms with van der Waals surface area (Å²) >= 11 is 0. The Morgan fingerprint density at radius 1 is 1.23 bits per heavy atom. The van der Waals surface area contributed by atoms with Gasteiger partial charge in [-0.25, -0.2) is 0 Å². The number of amides is 1. The molecule has 4 rings (SSSR count). The van der Waals surface area contributed by atoms with Crippen molar-refractivity contribution in [3.8, 4) is 0 Å². The molecule has 0 unspecified atom stereocenters. The van der Waals surface area contributed by atoms with Crippen LogP contribution in [0.5, 0.6) is 0 Å². The van der Waals surface area contributed by atoms with Crippen LogP contribution in [0.4, 0.5) is 0 Å². The molecule has 0 aromatic carbocycles. The van der Waals surface area contributed by atoms with Crippen LogP contribution in [0.25, 0.3) is 0 Å². The Morgan fingerprint density at radius 3 is 2.85 bits per heavy atom. The molecular weight excluding hydrogens is 330 g/mol. The van der Waals surface area contributed by atoms with Gasteiger partial charge in [-0.15, -0.1) is 0 Å². The molecule has 2 aromatic rings. The third kappa shape index (κ3) is 3.93. The Bertz CT molecular complexity index is 711. The zero-order chi connectivity index (χ0) is 17.8. The van der Waals surface area contributed by atoms with E-state index in [1.54, 1.807) is 6.20 Å². The summed E-state index contributed by atoms with van der Waals surface area (Å²) in [6.07, 6.45) is 9.88. The molecule has 2 aliphatic rings. The zero-order valence-corrected chi connectivity index (χ0v) is 15.0. The van der Waals surface area contributed by atoms with Crippen LogP contribution in [-0.4, -0.2) is 57.0 Å². The molecule has 1 amide bonds. The summed E-state index contributed by atoms with van der Waals surface area (Å²) in [5, 5.41) is 3.90. The molecule has 0 bridgehead atoms. The smallest absolute Gasteiger partial charge is 0.222 e. The van der Waals surface area contributed by atoms with Crippen LogP contribution in [0.3, 0.4) is 0 Å². The first kappa shape index (κ1) is 17.1. The van der Waals surface area contributed by atoms with Crippen LogP contribution < -0.4 is 0 Å². The van der Waals surface area contributed by atoms with E-state index in [0.29, 0.717) is 12.3 Å². The van der Waals surface area contributed by atoms with E-state index in [1.165, 1.54) is 12.0 Å². The molecule has 0 atom stereocenters. The summed E-state index contributed by atoms with van der Waals surface area (Å²) < 4.78 is 4.82. The lowest BCUT2D eigenvalue weighted by molar-refractivity contribution is -0.139. The Balaban J connectivity index is 1.32. The number of hydrogen-bond donors (Lipinski definition) is 0. The van der Waals surface area contributed by atoms with Crippen LogP contribution >= 0.6 is 0 Å². The van der Waals surface area contributed by atoms with Crippen molar-refractivity contribution < 1.29 is 9.32 Å². The second-order valence-electron chi connectivity index (χ2n) is 7.55. The fourth-order valence-corrected chi connectivity index (χ4v) is 4.17. The molecule has 0 aliphatic carbocycles. The van der Waals surface area contributed by atoms with E-state index < -0.39 is 0 Å². The zero-order valence-electron chi connectivity index (χ0n) is 15.0. The molecule has 2 fully saturated rings. The van der Waals surface area contributed by atoms with E-state index in [1.807, 2.05) is 12.3 Å². The average molecular weight is 355 g/mol. The number of carbonyl (C=O) groups excluding carboxylic acids is 1. The summed E-state index contributed by atoms with van der Waals surface area (Å²) in [4.78, 5) is 25.1. The van der Waals surface area contributed by atoms with E-state index in [4.69, 9.17) is 4.52 Å². The molecular formula is C19H25N5O2. The first-order valence-electron chi connectivity index (χ1n) is 9.37. The fraction of sp³-hybridized carbons (Fsp3) is 0.579. The third-order valence-corrected chi connectivity index (χ3v) is 5.83. The number of hydrogen-bond acceptors (Lipinski definition) is 6. The maximum Gasteiger partial charge on any atom is 0.222 e. The maximum atomic E-state index is 12.4. The quantitative estimate of drug-likeness (QED) is 0.816. The summed E-state index contributed by atoms with van der Waals surface area (Å²) in [5.41, 5.74) is 1.46. The highest BCUT2D eigenvalue weighted by atomic mass is 16.5. The van der Waals surface area contributed by atoms with Crippen molar-refractivity contribution in [1.82, 2.24) is 24.9 Å². The first-order valence-corrected chi connectivity index (χ1v) is 9.37. The second kappa shape index (κ2) is 7.53. The molecule has 0 N–H and O–H groups in total. The minimum Gasteiger partial charge on any atom is -0.343 e. The molecule has 0 saturated carbocycles. The van der Waals surface area contributed by atoms with Gasteiger partial charge in [-0.2, -0.15) is 4.98 Å². The minimum atomic E-state index is 0.274. The Kier molecular flexibility index (Phi) is 4.97. The minimum absolute atomic E-state index is 0.274. The van der Waals surface area contributed by atoms with Gasteiger partial charge in [-0.05, 0) is 55.8 Å². The lowest BCUT2D eigenvalue weighted by atomic mass is 9.72. The lowest BCUT2D eigenvalue weighted by Crippen LogP contribution is -2.51. The normalized spacial score (nSPS) is 20.6. The number of carbonyl (C=O) groups is 1. The molecule has 4 heterocycles. The second-order valence-corrected chi connectivity index (χ2v) is 7.55. The third-order valence-electron chi connectivity index (χ3n) is 5.83. The highest BCUT2D eigenvalue weighted by Crippen LogP contribution is 2.40. The average Bonchev–Trinajstić information content (AvgIpc) is 3.19. The van der Waals surface area contributed by atoms with Crippen molar-refractivity contribution in [2.24, 2.45) is 5.41 Å². The lowest BCUT2D eigenvalue weighted by Gasteiger charge is -2.47. The molecule has 7 heteroatoms. The molecule has 26 heavy (non-hydrogen) atoms. The molecule has 1 spiro atoms. The number of nitrogens with zero attached hydrogens (tertiary/aromatic N) is 5. The largest absolute Gasteiger partial charge is 0.343 e. The van der Waals surface area contributed by atoms with Crippen molar-refractivity contribution in [1.29, 1.82) is 0 Å². The Hall–Kier alpha value is -2.28. The molecule has 0 radical (unpaired) electrons. The monoisotopic (exact) mass is 355 g/mol. The molecule has 138 valence electrons. The Labute approximate surface area is 153 Å². The topological polar surface area (TPSA) is 75.4 Å². The number of rotatable bonds is 5. The van der Waals surface area contributed by atoms with E-state index >= 15 is 0 Å². The maximum absolute atomic E-state index is 12.4. The van der Waals surface area contributed by atoms with Gasteiger partial charge in [0, 0.05) is 31.9 Å². The number of aromatic nitrogens is 3. The summed E-state index contributed by atoms with van der Waals surface area (Å²) in [6, 6.07) is 4.03. The van der Waals surface area contributed by atoms with E-state index in [-0.39, 0.29) is 5.41 Å². The standard InChI is InChI=1S/C19H25N5O2/c25-18-3-5-19(14-24(18)9-4-16-2-1-8-20-12-16)6-10-23(11-7-19)13-17-21-15-26-22-17/h1-2,8,12,15H,3-7,9-11,13-14H2. The number of piperidine rings is 2. The summed E-state index contributed by atoms with van der Waals surface area (Å²) in [6.45, 7) is 4.48. The number of likely N-dealkylation sites (tertiary alicyclic amines) is 2.